The minimum atomic E-state index is -0.492. The Bertz CT molecular complexity index is 557. The highest BCUT2D eigenvalue weighted by molar-refractivity contribution is 5.98. The molecule has 3 nitrogen and oxygen atoms in total. The van der Waals surface area contributed by atoms with Crippen LogP contribution in [0, 0.1) is 23.2 Å². The smallest absolute Gasteiger partial charge is 0.158 e. The predicted molar refractivity (Wildman–Crippen MR) is 86.2 cm³/mol. The fourth-order valence-electron chi connectivity index (χ4n) is 4.72. The quantitative estimate of drug-likeness (QED) is 0.732. The van der Waals surface area contributed by atoms with Crippen LogP contribution >= 0.6 is 0 Å². The number of allylic oxidation sites excluding steroid dienone is 1. The topological polar surface area (TPSA) is 57.5 Å². The van der Waals surface area contributed by atoms with Crippen molar-refractivity contribution < 1.29 is 15.0 Å². The van der Waals surface area contributed by atoms with E-state index in [-0.39, 0.29) is 17.6 Å². The molecule has 0 aromatic heterocycles. The lowest BCUT2D eigenvalue weighted by Crippen LogP contribution is -2.35. The Morgan fingerprint density at radius 3 is 2.59 bits per heavy atom. The second kappa shape index (κ2) is 5.31. The summed E-state index contributed by atoms with van der Waals surface area (Å²) in [6.07, 6.45) is 3.84. The number of Topliss-reactive ketones (excluding diaryl/α,β-unsaturated/α-hetero) is 1. The van der Waals surface area contributed by atoms with Gasteiger partial charge in [-0.25, -0.2) is 0 Å². The van der Waals surface area contributed by atoms with Gasteiger partial charge in [-0.2, -0.15) is 0 Å². The monoisotopic (exact) mass is 304 g/mol. The van der Waals surface area contributed by atoms with Gasteiger partial charge in [-0.05, 0) is 49.5 Å². The van der Waals surface area contributed by atoms with Crippen molar-refractivity contribution in [2.45, 2.75) is 65.6 Å². The van der Waals surface area contributed by atoms with Crippen LogP contribution in [0.3, 0.4) is 0 Å². The molecule has 0 saturated heterocycles. The van der Waals surface area contributed by atoms with Gasteiger partial charge in [0.15, 0.2) is 5.78 Å². The van der Waals surface area contributed by atoms with Gasteiger partial charge in [0.2, 0.25) is 0 Å². The summed E-state index contributed by atoms with van der Waals surface area (Å²) in [5.74, 6) is 0.815. The Kier molecular flexibility index (Phi) is 3.85. The van der Waals surface area contributed by atoms with Crippen molar-refractivity contribution in [3.8, 4) is 0 Å². The van der Waals surface area contributed by atoms with E-state index >= 15 is 0 Å². The Morgan fingerprint density at radius 2 is 1.95 bits per heavy atom. The third kappa shape index (κ3) is 2.21. The van der Waals surface area contributed by atoms with Crippen molar-refractivity contribution in [2.75, 3.05) is 0 Å². The van der Waals surface area contributed by atoms with Crippen molar-refractivity contribution in [1.82, 2.24) is 0 Å². The first-order valence-corrected chi connectivity index (χ1v) is 8.60. The van der Waals surface area contributed by atoms with Gasteiger partial charge in [0.25, 0.3) is 0 Å². The molecule has 3 aliphatic carbocycles. The normalized spacial score (nSPS) is 42.1. The molecule has 0 aromatic carbocycles. The second-order valence-corrected chi connectivity index (χ2v) is 7.96. The zero-order valence-corrected chi connectivity index (χ0v) is 14.1. The Morgan fingerprint density at radius 1 is 1.27 bits per heavy atom. The standard InChI is InChI=1S/C19H28O3/c1-10(2)13-7-18(22)19(4)9-14-12(5-6-16(14)20)11(3)17(21)8-15(13)19/h9-12,17-18,21-22H,5-8H2,1-4H3/t11-,12+,17+,18+,19-/m1/s1. The Labute approximate surface area is 133 Å². The highest BCUT2D eigenvalue weighted by Crippen LogP contribution is 2.53. The molecule has 2 N–H and O–H groups in total. The molecular weight excluding hydrogens is 276 g/mol. The van der Waals surface area contributed by atoms with E-state index in [1.54, 1.807) is 0 Å². The molecule has 0 heterocycles. The van der Waals surface area contributed by atoms with Crippen LogP contribution in [-0.4, -0.2) is 28.2 Å². The van der Waals surface area contributed by atoms with E-state index in [1.807, 2.05) is 6.92 Å². The Hall–Kier alpha value is -0.930. The Balaban J connectivity index is 2.17. The second-order valence-electron chi connectivity index (χ2n) is 7.96. The molecule has 3 aliphatic rings. The van der Waals surface area contributed by atoms with Gasteiger partial charge in [0.05, 0.1) is 12.2 Å². The SMILES string of the molecule is CC(C)C1=C2C[C@H](O)[C@H](C)[C@@H]3CCC(=O)C3=C[C@@]2(C)[C@@H](O)C1. The van der Waals surface area contributed by atoms with Crippen LogP contribution < -0.4 is 0 Å². The van der Waals surface area contributed by atoms with Crippen LogP contribution in [-0.2, 0) is 4.79 Å². The van der Waals surface area contributed by atoms with E-state index in [4.69, 9.17) is 0 Å². The molecule has 0 unspecified atom stereocenters. The van der Waals surface area contributed by atoms with Crippen LogP contribution in [0.4, 0.5) is 0 Å². The summed E-state index contributed by atoms with van der Waals surface area (Å²) in [7, 11) is 0. The molecule has 3 rings (SSSR count). The molecule has 0 bridgehead atoms. The van der Waals surface area contributed by atoms with Gasteiger partial charge in [-0.15, -0.1) is 0 Å². The largest absolute Gasteiger partial charge is 0.392 e. The molecule has 0 aliphatic heterocycles. The summed E-state index contributed by atoms with van der Waals surface area (Å²) in [6, 6.07) is 0. The number of aliphatic hydroxyl groups excluding tert-OH is 2. The van der Waals surface area contributed by atoms with E-state index in [2.05, 4.69) is 26.8 Å². The van der Waals surface area contributed by atoms with Gasteiger partial charge < -0.3 is 10.2 Å². The van der Waals surface area contributed by atoms with E-state index in [9.17, 15) is 15.0 Å². The molecule has 122 valence electrons. The fraction of sp³-hybridized carbons (Fsp3) is 0.737. The van der Waals surface area contributed by atoms with Crippen molar-refractivity contribution in [2.24, 2.45) is 23.2 Å². The number of fused-ring (bicyclic) bond motifs is 2. The molecular formula is C19H28O3. The summed E-state index contributed by atoms with van der Waals surface area (Å²) < 4.78 is 0. The van der Waals surface area contributed by atoms with Crippen molar-refractivity contribution in [3.05, 3.63) is 22.8 Å². The molecule has 1 saturated carbocycles. The van der Waals surface area contributed by atoms with E-state index in [0.717, 1.165) is 12.0 Å². The summed E-state index contributed by atoms with van der Waals surface area (Å²) in [6.45, 7) is 8.39. The molecule has 3 heteroatoms. The van der Waals surface area contributed by atoms with Gasteiger partial charge in [0, 0.05) is 11.8 Å². The molecule has 0 aromatic rings. The number of carbonyl (C=O) groups excluding carboxylic acids is 1. The van der Waals surface area contributed by atoms with Crippen LogP contribution in [0.25, 0.3) is 0 Å². The lowest BCUT2D eigenvalue weighted by atomic mass is 9.70. The molecule has 0 spiro atoms. The average Bonchev–Trinajstić information content (AvgIpc) is 2.91. The van der Waals surface area contributed by atoms with Crippen molar-refractivity contribution in [1.29, 1.82) is 0 Å². The maximum atomic E-state index is 12.3. The van der Waals surface area contributed by atoms with Crippen molar-refractivity contribution in [3.63, 3.8) is 0 Å². The molecule has 1 fully saturated rings. The predicted octanol–water partition coefficient (Wildman–Crippen LogP) is 3.02. The number of hydrogen-bond donors (Lipinski definition) is 2. The number of rotatable bonds is 1. The van der Waals surface area contributed by atoms with E-state index in [0.29, 0.717) is 25.2 Å². The van der Waals surface area contributed by atoms with Crippen LogP contribution in [0.2, 0.25) is 0 Å². The minimum Gasteiger partial charge on any atom is -0.392 e. The third-order valence-electron chi connectivity index (χ3n) is 6.35. The molecule has 22 heavy (non-hydrogen) atoms. The lowest BCUT2D eigenvalue weighted by molar-refractivity contribution is -0.114. The summed E-state index contributed by atoms with van der Waals surface area (Å²) >= 11 is 0. The van der Waals surface area contributed by atoms with E-state index < -0.39 is 17.6 Å². The molecule has 0 radical (unpaired) electrons. The van der Waals surface area contributed by atoms with Crippen molar-refractivity contribution >= 4 is 5.78 Å². The lowest BCUT2D eigenvalue weighted by Gasteiger charge is -2.37. The van der Waals surface area contributed by atoms with Crippen LogP contribution in [0.1, 0.15) is 53.4 Å². The maximum Gasteiger partial charge on any atom is 0.158 e. The van der Waals surface area contributed by atoms with Gasteiger partial charge in [0.1, 0.15) is 0 Å². The summed E-state index contributed by atoms with van der Waals surface area (Å²) in [4.78, 5) is 12.3. The first kappa shape index (κ1) is 15.9. The zero-order valence-electron chi connectivity index (χ0n) is 14.1. The molecule has 5 atom stereocenters. The van der Waals surface area contributed by atoms with Gasteiger partial charge >= 0.3 is 0 Å². The molecule has 0 amide bonds. The van der Waals surface area contributed by atoms with E-state index in [1.165, 1.54) is 11.1 Å². The zero-order chi connectivity index (χ0) is 16.2. The summed E-state index contributed by atoms with van der Waals surface area (Å²) in [5.41, 5.74) is 2.80. The summed E-state index contributed by atoms with van der Waals surface area (Å²) in [5, 5.41) is 21.4. The first-order chi connectivity index (χ1) is 10.3. The maximum absolute atomic E-state index is 12.3. The van der Waals surface area contributed by atoms with Crippen LogP contribution in [0.15, 0.2) is 22.8 Å². The van der Waals surface area contributed by atoms with Gasteiger partial charge in [-0.3, -0.25) is 4.79 Å². The average molecular weight is 304 g/mol. The third-order valence-corrected chi connectivity index (χ3v) is 6.35. The number of aliphatic hydroxyl groups is 2. The van der Waals surface area contributed by atoms with Crippen LogP contribution in [0.5, 0.6) is 0 Å². The number of hydrogen-bond acceptors (Lipinski definition) is 3. The number of carbonyl (C=O) groups is 1. The number of ketones is 1. The highest BCUT2D eigenvalue weighted by Gasteiger charge is 2.48. The first-order valence-electron chi connectivity index (χ1n) is 8.60. The van der Waals surface area contributed by atoms with Gasteiger partial charge in [-0.1, -0.05) is 38.0 Å². The minimum absolute atomic E-state index is 0.0981. The fourth-order valence-corrected chi connectivity index (χ4v) is 4.72. The highest BCUT2D eigenvalue weighted by atomic mass is 16.3.